The maximum Gasteiger partial charge on any atom is 0.344 e. The van der Waals surface area contributed by atoms with E-state index < -0.39 is 5.97 Å². The van der Waals surface area contributed by atoms with Crippen molar-refractivity contribution in [2.45, 2.75) is 13.8 Å². The number of rotatable bonds is 5. The van der Waals surface area contributed by atoms with Gasteiger partial charge in [-0.25, -0.2) is 4.79 Å². The number of hydrogen-bond acceptors (Lipinski definition) is 5. The molecule has 0 saturated carbocycles. The highest BCUT2D eigenvalue weighted by molar-refractivity contribution is 5.96. The van der Waals surface area contributed by atoms with Crippen LogP contribution >= 0.6 is 0 Å². The molecule has 0 aromatic heterocycles. The minimum Gasteiger partial charge on any atom is -0.507 e. The lowest BCUT2D eigenvalue weighted by atomic mass is 10.1. The van der Waals surface area contributed by atoms with Crippen LogP contribution in [0, 0.1) is 0 Å². The Balaban J connectivity index is 2.65. The average molecular weight is 238 g/mol. The second-order valence-corrected chi connectivity index (χ2v) is 3.33. The predicted octanol–water partition coefficient (Wildman–Crippen LogP) is 1.54. The topological polar surface area (TPSA) is 72.8 Å². The molecule has 0 heterocycles. The normalized spacial score (nSPS) is 9.76. The molecule has 0 saturated heterocycles. The van der Waals surface area contributed by atoms with E-state index in [1.54, 1.807) is 6.92 Å². The summed E-state index contributed by atoms with van der Waals surface area (Å²) < 4.78 is 9.77. The largest absolute Gasteiger partial charge is 0.507 e. The van der Waals surface area contributed by atoms with Crippen molar-refractivity contribution in [1.29, 1.82) is 0 Å². The highest BCUT2D eigenvalue weighted by Crippen LogP contribution is 2.23. The molecule has 5 heteroatoms. The molecule has 0 unspecified atom stereocenters. The van der Waals surface area contributed by atoms with E-state index in [1.807, 2.05) is 0 Å². The van der Waals surface area contributed by atoms with Gasteiger partial charge in [0, 0.05) is 6.07 Å². The van der Waals surface area contributed by atoms with Crippen LogP contribution in [0.5, 0.6) is 11.5 Å². The number of esters is 1. The van der Waals surface area contributed by atoms with Crippen molar-refractivity contribution in [3.8, 4) is 11.5 Å². The molecule has 1 aromatic rings. The molecule has 1 aromatic carbocycles. The number of ether oxygens (including phenoxy) is 2. The van der Waals surface area contributed by atoms with Gasteiger partial charge in [0.2, 0.25) is 0 Å². The highest BCUT2D eigenvalue weighted by atomic mass is 16.6. The van der Waals surface area contributed by atoms with Crippen LogP contribution in [0.25, 0.3) is 0 Å². The number of hydrogen-bond donors (Lipinski definition) is 1. The Morgan fingerprint density at radius 2 is 2.06 bits per heavy atom. The van der Waals surface area contributed by atoms with Gasteiger partial charge in [-0.15, -0.1) is 0 Å². The molecule has 5 nitrogen and oxygen atoms in total. The van der Waals surface area contributed by atoms with E-state index in [2.05, 4.69) is 4.74 Å². The molecule has 0 aliphatic carbocycles. The van der Waals surface area contributed by atoms with Gasteiger partial charge < -0.3 is 14.6 Å². The number of carbonyl (C=O) groups is 2. The molecule has 0 spiro atoms. The van der Waals surface area contributed by atoms with Gasteiger partial charge in [-0.2, -0.15) is 0 Å². The molecular formula is C12H14O5. The molecular weight excluding hydrogens is 224 g/mol. The van der Waals surface area contributed by atoms with Gasteiger partial charge in [0.05, 0.1) is 12.2 Å². The van der Waals surface area contributed by atoms with E-state index in [0.29, 0.717) is 5.75 Å². The van der Waals surface area contributed by atoms with Crippen LogP contribution < -0.4 is 4.74 Å². The summed E-state index contributed by atoms with van der Waals surface area (Å²) in [6.07, 6.45) is 0. The second-order valence-electron chi connectivity index (χ2n) is 3.33. The monoisotopic (exact) mass is 238 g/mol. The van der Waals surface area contributed by atoms with E-state index in [9.17, 15) is 14.7 Å². The smallest absolute Gasteiger partial charge is 0.344 e. The summed E-state index contributed by atoms with van der Waals surface area (Å²) in [5, 5.41) is 9.51. The van der Waals surface area contributed by atoms with Crippen molar-refractivity contribution in [2.24, 2.45) is 0 Å². The molecule has 92 valence electrons. The van der Waals surface area contributed by atoms with Crippen LogP contribution in [0.4, 0.5) is 0 Å². The Morgan fingerprint density at radius 3 is 2.59 bits per heavy atom. The molecule has 0 fully saturated rings. The molecule has 0 aliphatic rings. The lowest BCUT2D eigenvalue weighted by molar-refractivity contribution is -0.145. The van der Waals surface area contributed by atoms with E-state index in [4.69, 9.17) is 4.74 Å². The molecule has 1 rings (SSSR count). The number of phenolic OH excluding ortho intramolecular Hbond substituents is 1. The Morgan fingerprint density at radius 1 is 1.35 bits per heavy atom. The SMILES string of the molecule is CCOC(=O)COc1ccc(C(C)=O)c(O)c1. The fraction of sp³-hybridized carbons (Fsp3) is 0.333. The van der Waals surface area contributed by atoms with Gasteiger partial charge in [-0.05, 0) is 26.0 Å². The molecule has 0 atom stereocenters. The van der Waals surface area contributed by atoms with Gasteiger partial charge in [0.1, 0.15) is 11.5 Å². The zero-order chi connectivity index (χ0) is 12.8. The van der Waals surface area contributed by atoms with Gasteiger partial charge in [-0.1, -0.05) is 0 Å². The molecule has 0 bridgehead atoms. The minimum atomic E-state index is -0.484. The summed E-state index contributed by atoms with van der Waals surface area (Å²) in [6.45, 7) is 3.11. The quantitative estimate of drug-likeness (QED) is 0.622. The number of phenols is 1. The molecule has 1 N–H and O–H groups in total. The summed E-state index contributed by atoms with van der Waals surface area (Å²) in [6, 6.07) is 4.24. The van der Waals surface area contributed by atoms with Crippen LogP contribution in [-0.2, 0) is 9.53 Å². The molecule has 0 amide bonds. The van der Waals surface area contributed by atoms with E-state index >= 15 is 0 Å². The first-order valence-corrected chi connectivity index (χ1v) is 5.17. The summed E-state index contributed by atoms with van der Waals surface area (Å²) in [4.78, 5) is 22.1. The summed E-state index contributed by atoms with van der Waals surface area (Å²) in [7, 11) is 0. The van der Waals surface area contributed by atoms with Gasteiger partial charge in [0.25, 0.3) is 0 Å². The lowest BCUT2D eigenvalue weighted by Crippen LogP contribution is -2.14. The van der Waals surface area contributed by atoms with Crippen molar-refractivity contribution in [3.63, 3.8) is 0 Å². The first-order valence-electron chi connectivity index (χ1n) is 5.17. The summed E-state index contributed by atoms with van der Waals surface area (Å²) in [5.74, 6) is -0.582. The highest BCUT2D eigenvalue weighted by Gasteiger charge is 2.09. The summed E-state index contributed by atoms with van der Waals surface area (Å²) in [5.41, 5.74) is 0.216. The van der Waals surface area contributed by atoms with Gasteiger partial charge in [-0.3, -0.25) is 4.79 Å². The zero-order valence-corrected chi connectivity index (χ0v) is 9.73. The molecule has 0 radical (unpaired) electrons. The van der Waals surface area contributed by atoms with E-state index in [1.165, 1.54) is 25.1 Å². The number of ketones is 1. The third kappa shape index (κ3) is 3.79. The fourth-order valence-electron chi connectivity index (χ4n) is 1.24. The van der Waals surface area contributed by atoms with Crippen LogP contribution in [0.1, 0.15) is 24.2 Å². The standard InChI is InChI=1S/C12H14O5/c1-3-16-12(15)7-17-9-4-5-10(8(2)13)11(14)6-9/h4-6,14H,3,7H2,1-2H3. The summed E-state index contributed by atoms with van der Waals surface area (Å²) >= 11 is 0. The van der Waals surface area contributed by atoms with Crippen molar-refractivity contribution in [1.82, 2.24) is 0 Å². The Kier molecular flexibility index (Phi) is 4.51. The van der Waals surface area contributed by atoms with Crippen LogP contribution in [0.15, 0.2) is 18.2 Å². The first-order chi connectivity index (χ1) is 8.04. The van der Waals surface area contributed by atoms with E-state index in [0.717, 1.165) is 0 Å². The lowest BCUT2D eigenvalue weighted by Gasteiger charge is -2.07. The molecule has 0 aliphatic heterocycles. The number of Topliss-reactive ketones (excluding diaryl/α,β-unsaturated/α-hetero) is 1. The van der Waals surface area contributed by atoms with Crippen LogP contribution in [-0.4, -0.2) is 30.1 Å². The Labute approximate surface area is 99.0 Å². The van der Waals surface area contributed by atoms with Crippen molar-refractivity contribution in [2.75, 3.05) is 13.2 Å². The Bertz CT molecular complexity index is 425. The zero-order valence-electron chi connectivity index (χ0n) is 9.73. The van der Waals surface area contributed by atoms with Crippen LogP contribution in [0.2, 0.25) is 0 Å². The maximum absolute atomic E-state index is 11.1. The fourth-order valence-corrected chi connectivity index (χ4v) is 1.24. The third-order valence-corrected chi connectivity index (χ3v) is 2.01. The van der Waals surface area contributed by atoms with Crippen molar-refractivity contribution < 1.29 is 24.2 Å². The average Bonchev–Trinajstić information content (AvgIpc) is 2.26. The van der Waals surface area contributed by atoms with Crippen molar-refractivity contribution >= 4 is 11.8 Å². The predicted molar refractivity (Wildman–Crippen MR) is 60.2 cm³/mol. The molecule has 17 heavy (non-hydrogen) atoms. The van der Waals surface area contributed by atoms with Gasteiger partial charge >= 0.3 is 5.97 Å². The van der Waals surface area contributed by atoms with Crippen molar-refractivity contribution in [3.05, 3.63) is 23.8 Å². The Hall–Kier alpha value is -2.04. The number of benzene rings is 1. The van der Waals surface area contributed by atoms with E-state index in [-0.39, 0.29) is 30.3 Å². The number of carbonyl (C=O) groups excluding carboxylic acids is 2. The third-order valence-electron chi connectivity index (χ3n) is 2.01. The van der Waals surface area contributed by atoms with Gasteiger partial charge in [0.15, 0.2) is 12.4 Å². The first kappa shape index (κ1) is 13.0. The number of aromatic hydroxyl groups is 1. The van der Waals surface area contributed by atoms with Crippen LogP contribution in [0.3, 0.4) is 0 Å². The minimum absolute atomic E-state index is 0.168. The second kappa shape index (κ2) is 5.89. The maximum atomic E-state index is 11.1.